The van der Waals surface area contributed by atoms with Crippen molar-refractivity contribution < 1.29 is 4.74 Å². The Balaban J connectivity index is 2.28. The van der Waals surface area contributed by atoms with Crippen molar-refractivity contribution in [1.29, 1.82) is 5.26 Å². The van der Waals surface area contributed by atoms with E-state index in [1.807, 2.05) is 42.3 Å². The second-order valence-electron chi connectivity index (χ2n) is 4.60. The molecular weight excluding hydrogens is 250 g/mol. The van der Waals surface area contributed by atoms with Crippen LogP contribution in [-0.2, 0) is 6.54 Å². The van der Waals surface area contributed by atoms with Crippen molar-refractivity contribution in [3.05, 3.63) is 53.6 Å². The van der Waals surface area contributed by atoms with Crippen molar-refractivity contribution in [1.82, 2.24) is 0 Å². The maximum absolute atomic E-state index is 9.20. The zero-order valence-corrected chi connectivity index (χ0v) is 11.6. The van der Waals surface area contributed by atoms with Crippen LogP contribution >= 0.6 is 0 Å². The fraction of sp³-hybridized carbons (Fsp3) is 0.188. The molecule has 2 aromatic carbocycles. The lowest BCUT2D eigenvalue weighted by atomic mass is 10.1. The molecule has 2 rings (SSSR count). The first kappa shape index (κ1) is 13.8. The highest BCUT2D eigenvalue weighted by Crippen LogP contribution is 2.26. The van der Waals surface area contributed by atoms with Crippen molar-refractivity contribution in [2.24, 2.45) is 0 Å². The highest BCUT2D eigenvalue weighted by atomic mass is 16.5. The monoisotopic (exact) mass is 267 g/mol. The van der Waals surface area contributed by atoms with Gasteiger partial charge in [-0.25, -0.2) is 0 Å². The van der Waals surface area contributed by atoms with E-state index in [4.69, 9.17) is 10.5 Å². The topological polar surface area (TPSA) is 62.3 Å². The van der Waals surface area contributed by atoms with Crippen molar-refractivity contribution in [3.8, 4) is 11.8 Å². The second kappa shape index (κ2) is 5.98. The molecule has 0 saturated carbocycles. The van der Waals surface area contributed by atoms with Gasteiger partial charge in [-0.15, -0.1) is 0 Å². The summed E-state index contributed by atoms with van der Waals surface area (Å²) in [5.74, 6) is 0.735. The molecule has 0 bridgehead atoms. The molecule has 0 amide bonds. The summed E-state index contributed by atoms with van der Waals surface area (Å²) in [5.41, 5.74) is 9.08. The Kier molecular flexibility index (Phi) is 4.11. The van der Waals surface area contributed by atoms with Gasteiger partial charge < -0.3 is 15.4 Å². The van der Waals surface area contributed by atoms with Crippen LogP contribution in [0.1, 0.15) is 11.1 Å². The molecule has 0 unspecified atom stereocenters. The first-order chi connectivity index (χ1) is 9.63. The standard InChI is InChI=1S/C16H17N3O/c1-19(11-12-4-3-5-14(18)8-12)16-9-15(20-2)7-6-13(16)10-17/h3-9H,11,18H2,1-2H3. The van der Waals surface area contributed by atoms with Crippen LogP contribution in [0.25, 0.3) is 0 Å². The molecule has 0 radical (unpaired) electrons. The smallest absolute Gasteiger partial charge is 0.121 e. The zero-order valence-electron chi connectivity index (χ0n) is 11.6. The Hall–Kier alpha value is -2.67. The molecule has 0 aromatic heterocycles. The minimum absolute atomic E-state index is 0.622. The van der Waals surface area contributed by atoms with Gasteiger partial charge in [0, 0.05) is 25.3 Å². The molecule has 0 heterocycles. The van der Waals surface area contributed by atoms with E-state index in [1.165, 1.54) is 0 Å². The van der Waals surface area contributed by atoms with Crippen molar-refractivity contribution in [2.75, 3.05) is 24.8 Å². The first-order valence-corrected chi connectivity index (χ1v) is 6.27. The van der Waals surface area contributed by atoms with Gasteiger partial charge in [-0.1, -0.05) is 12.1 Å². The fourth-order valence-electron chi connectivity index (χ4n) is 2.10. The predicted molar refractivity (Wildman–Crippen MR) is 80.7 cm³/mol. The molecule has 0 saturated heterocycles. The quantitative estimate of drug-likeness (QED) is 0.865. The number of nitrogen functional groups attached to an aromatic ring is 1. The summed E-state index contributed by atoms with van der Waals surface area (Å²) in [4.78, 5) is 2.01. The van der Waals surface area contributed by atoms with Crippen LogP contribution in [0.3, 0.4) is 0 Å². The third-order valence-electron chi connectivity index (χ3n) is 3.11. The van der Waals surface area contributed by atoms with Crippen LogP contribution < -0.4 is 15.4 Å². The summed E-state index contributed by atoms with van der Waals surface area (Å²) in [6.07, 6.45) is 0. The lowest BCUT2D eigenvalue weighted by Crippen LogP contribution is -2.17. The third kappa shape index (κ3) is 3.01. The average molecular weight is 267 g/mol. The van der Waals surface area contributed by atoms with Crippen LogP contribution in [0.2, 0.25) is 0 Å². The Bertz CT molecular complexity index is 646. The number of methoxy groups -OCH3 is 1. The molecular formula is C16H17N3O. The van der Waals surface area contributed by atoms with Gasteiger partial charge in [0.15, 0.2) is 0 Å². The Labute approximate surface area is 119 Å². The number of hydrogen-bond acceptors (Lipinski definition) is 4. The minimum Gasteiger partial charge on any atom is -0.497 e. The summed E-state index contributed by atoms with van der Waals surface area (Å²) in [6.45, 7) is 0.673. The second-order valence-corrected chi connectivity index (χ2v) is 4.60. The number of nitriles is 1. The van der Waals surface area contributed by atoms with Crippen molar-refractivity contribution >= 4 is 11.4 Å². The Morgan fingerprint density at radius 3 is 2.70 bits per heavy atom. The summed E-state index contributed by atoms with van der Waals surface area (Å²) >= 11 is 0. The maximum atomic E-state index is 9.20. The van der Waals surface area contributed by atoms with Crippen LogP contribution in [0.5, 0.6) is 5.75 Å². The van der Waals surface area contributed by atoms with Crippen LogP contribution in [-0.4, -0.2) is 14.2 Å². The molecule has 0 atom stereocenters. The van der Waals surface area contributed by atoms with Crippen LogP contribution in [0, 0.1) is 11.3 Å². The van der Waals surface area contributed by atoms with Gasteiger partial charge in [0.2, 0.25) is 0 Å². The number of ether oxygens (including phenoxy) is 1. The highest BCUT2D eigenvalue weighted by Gasteiger charge is 2.09. The molecule has 0 spiro atoms. The van der Waals surface area contributed by atoms with Crippen LogP contribution in [0.4, 0.5) is 11.4 Å². The van der Waals surface area contributed by atoms with Crippen molar-refractivity contribution in [3.63, 3.8) is 0 Å². The molecule has 2 N–H and O–H groups in total. The molecule has 0 fully saturated rings. The van der Waals surface area contributed by atoms with E-state index in [-0.39, 0.29) is 0 Å². The molecule has 102 valence electrons. The molecule has 0 aliphatic carbocycles. The van der Waals surface area contributed by atoms with Gasteiger partial charge in [0.25, 0.3) is 0 Å². The van der Waals surface area contributed by atoms with E-state index in [9.17, 15) is 5.26 Å². The zero-order chi connectivity index (χ0) is 14.5. The molecule has 0 aliphatic heterocycles. The number of anilines is 2. The van der Waals surface area contributed by atoms with E-state index < -0.39 is 0 Å². The highest BCUT2D eigenvalue weighted by molar-refractivity contribution is 5.62. The first-order valence-electron chi connectivity index (χ1n) is 6.27. The van der Waals surface area contributed by atoms with E-state index in [0.29, 0.717) is 12.1 Å². The third-order valence-corrected chi connectivity index (χ3v) is 3.11. The normalized spacial score (nSPS) is 9.85. The molecule has 0 aliphatic rings. The fourth-order valence-corrected chi connectivity index (χ4v) is 2.10. The van der Waals surface area contributed by atoms with Gasteiger partial charge >= 0.3 is 0 Å². The number of nitrogens with two attached hydrogens (primary N) is 1. The van der Waals surface area contributed by atoms with Gasteiger partial charge in [0.1, 0.15) is 11.8 Å². The molecule has 20 heavy (non-hydrogen) atoms. The minimum atomic E-state index is 0.622. The van der Waals surface area contributed by atoms with E-state index in [0.717, 1.165) is 22.7 Å². The summed E-state index contributed by atoms with van der Waals surface area (Å²) in [5, 5.41) is 9.20. The number of rotatable bonds is 4. The van der Waals surface area contributed by atoms with E-state index >= 15 is 0 Å². The SMILES string of the molecule is COc1ccc(C#N)c(N(C)Cc2cccc(N)c2)c1. The van der Waals surface area contributed by atoms with Gasteiger partial charge in [-0.3, -0.25) is 0 Å². The molecule has 4 nitrogen and oxygen atoms in total. The summed E-state index contributed by atoms with van der Waals surface area (Å²) in [7, 11) is 3.56. The van der Waals surface area contributed by atoms with E-state index in [1.54, 1.807) is 19.2 Å². The van der Waals surface area contributed by atoms with Crippen LogP contribution in [0.15, 0.2) is 42.5 Å². The largest absolute Gasteiger partial charge is 0.497 e. The van der Waals surface area contributed by atoms with Gasteiger partial charge in [-0.05, 0) is 29.8 Å². The lowest BCUT2D eigenvalue weighted by molar-refractivity contribution is 0.415. The molecule has 4 heteroatoms. The Morgan fingerprint density at radius 1 is 1.25 bits per heavy atom. The lowest BCUT2D eigenvalue weighted by Gasteiger charge is -2.21. The molecule has 2 aromatic rings. The summed E-state index contributed by atoms with van der Waals surface area (Å²) in [6, 6.07) is 15.4. The van der Waals surface area contributed by atoms with E-state index in [2.05, 4.69) is 6.07 Å². The Morgan fingerprint density at radius 2 is 2.05 bits per heavy atom. The van der Waals surface area contributed by atoms with Crippen molar-refractivity contribution in [2.45, 2.75) is 6.54 Å². The average Bonchev–Trinajstić information content (AvgIpc) is 2.46. The van der Waals surface area contributed by atoms with Gasteiger partial charge in [0.05, 0.1) is 18.4 Å². The summed E-state index contributed by atoms with van der Waals surface area (Å²) < 4.78 is 5.22. The maximum Gasteiger partial charge on any atom is 0.121 e. The number of benzene rings is 2. The number of nitrogens with zero attached hydrogens (tertiary/aromatic N) is 2. The predicted octanol–water partition coefficient (Wildman–Crippen LogP) is 2.79. The van der Waals surface area contributed by atoms with Gasteiger partial charge in [-0.2, -0.15) is 5.26 Å². The number of hydrogen-bond donors (Lipinski definition) is 1.